The number of thiophene rings is 1. The highest BCUT2D eigenvalue weighted by Crippen LogP contribution is 2.30. The third kappa shape index (κ3) is 8.87. The molecular formula is C23H39N5O4S. The molecule has 3 rings (SSSR count). The zero-order chi connectivity index (χ0) is 24.8. The second-order valence-electron chi connectivity index (χ2n) is 7.73. The van der Waals surface area contributed by atoms with Gasteiger partial charge in [-0.3, -0.25) is 9.59 Å². The van der Waals surface area contributed by atoms with Crippen LogP contribution in [0.1, 0.15) is 47.0 Å². The summed E-state index contributed by atoms with van der Waals surface area (Å²) in [6.07, 6.45) is 3.17. The Balaban J connectivity index is 0.000000339. The van der Waals surface area contributed by atoms with E-state index in [1.165, 1.54) is 16.5 Å². The summed E-state index contributed by atoms with van der Waals surface area (Å²) in [5, 5.41) is 22.9. The first-order valence-electron chi connectivity index (χ1n) is 11.6. The fourth-order valence-corrected chi connectivity index (χ4v) is 4.30. The fraction of sp³-hybridized carbons (Fsp3) is 0.652. The first-order valence-corrected chi connectivity index (χ1v) is 12.5. The van der Waals surface area contributed by atoms with Gasteiger partial charge in [0.1, 0.15) is 12.1 Å². The molecule has 1 saturated heterocycles. The standard InChI is InChI=1S/C13H16N4OS.C8H17NO3.C2H6/c18-9-14-7-10-1-4-17(5-2-10)13-12-11(3-6-19-12)15-8-16-13;1-4-5-9(3)8(12)7(11)6(2)10;1-2/h3,6,8-10H,1-2,4-5,7H2,(H,14,18);6-7,10-11H,4-5H2,1-3H3;1-2H3. The summed E-state index contributed by atoms with van der Waals surface area (Å²) in [4.78, 5) is 34.0. The maximum absolute atomic E-state index is 11.2. The number of aromatic nitrogens is 2. The summed E-state index contributed by atoms with van der Waals surface area (Å²) >= 11 is 1.70. The van der Waals surface area contributed by atoms with E-state index in [0.29, 0.717) is 12.5 Å². The van der Waals surface area contributed by atoms with Crippen LogP contribution in [0.3, 0.4) is 0 Å². The number of anilines is 1. The van der Waals surface area contributed by atoms with Crippen molar-refractivity contribution >= 4 is 39.7 Å². The van der Waals surface area contributed by atoms with Crippen molar-refractivity contribution in [2.24, 2.45) is 5.92 Å². The Kier molecular flexibility index (Phi) is 13.5. The Bertz CT molecular complexity index is 824. The topological polar surface area (TPSA) is 119 Å². The number of amides is 2. The molecule has 0 aliphatic carbocycles. The van der Waals surface area contributed by atoms with Crippen LogP contribution in [0, 0.1) is 5.92 Å². The summed E-state index contributed by atoms with van der Waals surface area (Å²) < 4.78 is 1.17. The Hall–Kier alpha value is -2.30. The average Bonchev–Trinajstić information content (AvgIpc) is 3.33. The minimum absolute atomic E-state index is 0.424. The normalized spacial score (nSPS) is 15.4. The Labute approximate surface area is 200 Å². The lowest BCUT2D eigenvalue weighted by Crippen LogP contribution is -2.42. The molecule has 0 radical (unpaired) electrons. The first kappa shape index (κ1) is 28.7. The van der Waals surface area contributed by atoms with Crippen LogP contribution in [0.2, 0.25) is 0 Å². The number of carbonyl (C=O) groups excluding carboxylic acids is 2. The molecule has 2 aromatic heterocycles. The van der Waals surface area contributed by atoms with E-state index in [2.05, 4.69) is 25.6 Å². The molecule has 0 spiro atoms. The second kappa shape index (κ2) is 15.5. The van der Waals surface area contributed by atoms with E-state index < -0.39 is 18.1 Å². The van der Waals surface area contributed by atoms with Gasteiger partial charge in [0, 0.05) is 33.2 Å². The van der Waals surface area contributed by atoms with Gasteiger partial charge in [0.25, 0.3) is 5.91 Å². The fourth-order valence-electron chi connectivity index (χ4n) is 3.44. The van der Waals surface area contributed by atoms with Crippen LogP contribution in [0.4, 0.5) is 5.82 Å². The van der Waals surface area contributed by atoms with Crippen LogP contribution < -0.4 is 10.2 Å². The van der Waals surface area contributed by atoms with Crippen LogP contribution in [-0.4, -0.2) is 82.8 Å². The van der Waals surface area contributed by atoms with Crippen LogP contribution >= 0.6 is 11.3 Å². The van der Waals surface area contributed by atoms with Gasteiger partial charge in [0.05, 0.1) is 16.3 Å². The summed E-state index contributed by atoms with van der Waals surface area (Å²) in [7, 11) is 1.61. The molecule has 3 heterocycles. The number of carbonyl (C=O) groups is 2. The number of aliphatic hydroxyl groups is 2. The van der Waals surface area contributed by atoms with Crippen molar-refractivity contribution in [3.05, 3.63) is 17.8 Å². The number of hydrogen-bond acceptors (Lipinski definition) is 8. The third-order valence-electron chi connectivity index (χ3n) is 5.27. The van der Waals surface area contributed by atoms with Gasteiger partial charge >= 0.3 is 0 Å². The predicted octanol–water partition coefficient (Wildman–Crippen LogP) is 2.28. The molecule has 33 heavy (non-hydrogen) atoms. The molecule has 0 aromatic carbocycles. The van der Waals surface area contributed by atoms with E-state index in [1.807, 2.05) is 26.8 Å². The zero-order valence-corrected chi connectivity index (χ0v) is 21.2. The minimum Gasteiger partial charge on any atom is -0.390 e. The van der Waals surface area contributed by atoms with Crippen LogP contribution in [0.5, 0.6) is 0 Å². The largest absolute Gasteiger partial charge is 0.390 e. The zero-order valence-electron chi connectivity index (χ0n) is 20.4. The first-order chi connectivity index (χ1) is 15.9. The van der Waals surface area contributed by atoms with Crippen LogP contribution in [0.25, 0.3) is 10.2 Å². The Morgan fingerprint density at radius 3 is 2.58 bits per heavy atom. The minimum atomic E-state index is -1.29. The van der Waals surface area contributed by atoms with Gasteiger partial charge in [0.15, 0.2) is 6.10 Å². The molecule has 3 N–H and O–H groups in total. The van der Waals surface area contributed by atoms with Crippen molar-refractivity contribution in [1.29, 1.82) is 0 Å². The quantitative estimate of drug-likeness (QED) is 0.495. The van der Waals surface area contributed by atoms with Crippen molar-refractivity contribution < 1.29 is 19.8 Å². The number of aliphatic hydroxyl groups excluding tert-OH is 2. The smallest absolute Gasteiger partial charge is 0.253 e. The van der Waals surface area contributed by atoms with Gasteiger partial charge in [-0.2, -0.15) is 0 Å². The molecule has 2 amide bonds. The van der Waals surface area contributed by atoms with Gasteiger partial charge in [-0.15, -0.1) is 11.3 Å². The van der Waals surface area contributed by atoms with Gasteiger partial charge in [0.2, 0.25) is 6.41 Å². The van der Waals surface area contributed by atoms with E-state index >= 15 is 0 Å². The lowest BCUT2D eigenvalue weighted by Gasteiger charge is -2.32. The lowest BCUT2D eigenvalue weighted by molar-refractivity contribution is -0.144. The third-order valence-corrected chi connectivity index (χ3v) is 6.17. The predicted molar refractivity (Wildman–Crippen MR) is 133 cm³/mol. The van der Waals surface area contributed by atoms with E-state index in [4.69, 9.17) is 10.2 Å². The number of fused-ring (bicyclic) bond motifs is 1. The SMILES string of the molecule is CC.CCCN(C)C(=O)C(O)C(C)O.O=CNCC1CCN(c2ncnc3ccsc23)CC1. The van der Waals surface area contributed by atoms with E-state index in [-0.39, 0.29) is 0 Å². The second-order valence-corrected chi connectivity index (χ2v) is 8.65. The number of likely N-dealkylation sites (N-methyl/N-ethyl adjacent to an activating group) is 1. The monoisotopic (exact) mass is 481 g/mol. The van der Waals surface area contributed by atoms with Crippen LogP contribution in [0.15, 0.2) is 17.8 Å². The van der Waals surface area contributed by atoms with Crippen molar-refractivity contribution in [1.82, 2.24) is 20.2 Å². The van der Waals surface area contributed by atoms with E-state index in [0.717, 1.165) is 56.6 Å². The molecule has 0 saturated carbocycles. The molecule has 9 nitrogen and oxygen atoms in total. The van der Waals surface area contributed by atoms with Gasteiger partial charge in [-0.05, 0) is 43.6 Å². The molecule has 1 fully saturated rings. The van der Waals surface area contributed by atoms with E-state index in [9.17, 15) is 9.59 Å². The lowest BCUT2D eigenvalue weighted by atomic mass is 9.97. The Morgan fingerprint density at radius 1 is 1.33 bits per heavy atom. The number of nitrogens with zero attached hydrogens (tertiary/aromatic N) is 4. The highest BCUT2D eigenvalue weighted by Gasteiger charge is 2.23. The average molecular weight is 482 g/mol. The summed E-state index contributed by atoms with van der Waals surface area (Å²) in [5.41, 5.74) is 1.03. The number of rotatable bonds is 8. The van der Waals surface area contributed by atoms with Crippen LogP contribution in [-0.2, 0) is 9.59 Å². The highest BCUT2D eigenvalue weighted by molar-refractivity contribution is 7.17. The van der Waals surface area contributed by atoms with Gasteiger partial charge in [-0.1, -0.05) is 20.8 Å². The Morgan fingerprint density at radius 2 is 2.00 bits per heavy atom. The van der Waals surface area contributed by atoms with Crippen molar-refractivity contribution in [3.8, 4) is 0 Å². The molecule has 1 aliphatic heterocycles. The molecule has 1 aliphatic rings. The summed E-state index contributed by atoms with van der Waals surface area (Å²) in [5.74, 6) is 1.22. The molecule has 186 valence electrons. The maximum Gasteiger partial charge on any atom is 0.253 e. The van der Waals surface area contributed by atoms with E-state index in [1.54, 1.807) is 24.7 Å². The molecule has 2 atom stereocenters. The maximum atomic E-state index is 11.2. The molecular weight excluding hydrogens is 442 g/mol. The molecule has 10 heteroatoms. The molecule has 2 unspecified atom stereocenters. The van der Waals surface area contributed by atoms with Crippen molar-refractivity contribution in [2.45, 2.75) is 59.2 Å². The van der Waals surface area contributed by atoms with Gasteiger partial charge in [-0.25, -0.2) is 9.97 Å². The molecule has 2 aromatic rings. The van der Waals surface area contributed by atoms with Crippen molar-refractivity contribution in [2.75, 3.05) is 38.1 Å². The van der Waals surface area contributed by atoms with Gasteiger partial charge < -0.3 is 25.3 Å². The summed E-state index contributed by atoms with van der Waals surface area (Å²) in [6.45, 7) is 10.7. The number of piperidine rings is 1. The summed E-state index contributed by atoms with van der Waals surface area (Å²) in [6, 6.07) is 2.03. The number of nitrogens with one attached hydrogen (secondary N) is 1. The highest BCUT2D eigenvalue weighted by atomic mass is 32.1. The number of hydrogen-bond donors (Lipinski definition) is 3. The molecule has 0 bridgehead atoms. The van der Waals surface area contributed by atoms with Crippen molar-refractivity contribution in [3.63, 3.8) is 0 Å².